The van der Waals surface area contributed by atoms with Crippen molar-refractivity contribution in [3.63, 3.8) is 0 Å². The fourth-order valence-corrected chi connectivity index (χ4v) is 2.32. The molecule has 2 rings (SSSR count). The number of rotatable bonds is 9. The first-order valence-corrected chi connectivity index (χ1v) is 8.63. The molecule has 2 aromatic carbocycles. The number of hydrogen-bond acceptors (Lipinski definition) is 5. The molecule has 0 atom stereocenters. The highest BCUT2D eigenvalue weighted by Gasteiger charge is 2.14. The molecule has 0 aliphatic rings. The maximum absolute atomic E-state index is 12.4. The Bertz CT molecular complexity index is 755. The van der Waals surface area contributed by atoms with E-state index >= 15 is 0 Å². The predicted octanol–water partition coefficient (Wildman–Crippen LogP) is 4.31. The lowest BCUT2D eigenvalue weighted by atomic mass is 10.2. The van der Waals surface area contributed by atoms with Crippen molar-refractivity contribution in [1.82, 2.24) is 5.48 Å². The Labute approximate surface area is 154 Å². The zero-order chi connectivity index (χ0) is 18.8. The highest BCUT2D eigenvalue weighted by atomic mass is 16.6. The molecule has 138 valence electrons. The molecule has 0 aliphatic heterocycles. The number of aryl methyl sites for hydroxylation is 1. The van der Waals surface area contributed by atoms with Gasteiger partial charge in [-0.1, -0.05) is 55.8 Å². The summed E-state index contributed by atoms with van der Waals surface area (Å²) in [6.45, 7) is 4.33. The van der Waals surface area contributed by atoms with Gasteiger partial charge in [0.05, 0.1) is 7.11 Å². The van der Waals surface area contributed by atoms with E-state index in [-0.39, 0.29) is 5.70 Å². The number of carbonyl (C=O) groups excluding carboxylic acids is 1. The van der Waals surface area contributed by atoms with E-state index < -0.39 is 5.97 Å². The van der Waals surface area contributed by atoms with Crippen LogP contribution in [0.2, 0.25) is 0 Å². The first-order chi connectivity index (χ1) is 12.7. The first kappa shape index (κ1) is 19.5. The average molecular weight is 355 g/mol. The lowest BCUT2D eigenvalue weighted by molar-refractivity contribution is -0.132. The van der Waals surface area contributed by atoms with Crippen LogP contribution in [0.4, 0.5) is 0 Å². The molecule has 0 radical (unpaired) electrons. The fourth-order valence-electron chi connectivity index (χ4n) is 2.32. The van der Waals surface area contributed by atoms with Crippen LogP contribution >= 0.6 is 0 Å². The number of para-hydroxylation sites is 2. The Balaban J connectivity index is 2.10. The molecule has 0 bridgehead atoms. The van der Waals surface area contributed by atoms with Crippen LogP contribution in [0.25, 0.3) is 0 Å². The summed E-state index contributed by atoms with van der Waals surface area (Å²) in [6.07, 6.45) is 3.43. The number of nitrogens with one attached hydrogen (secondary N) is 1. The van der Waals surface area contributed by atoms with Crippen molar-refractivity contribution in [3.05, 3.63) is 71.4 Å². The van der Waals surface area contributed by atoms with E-state index in [9.17, 15) is 4.79 Å². The Morgan fingerprint density at radius 1 is 1.08 bits per heavy atom. The summed E-state index contributed by atoms with van der Waals surface area (Å²) in [5, 5.41) is 0. The van der Waals surface area contributed by atoms with Gasteiger partial charge in [-0.05, 0) is 31.0 Å². The lowest BCUT2D eigenvalue weighted by Gasteiger charge is -2.14. The predicted molar refractivity (Wildman–Crippen MR) is 101 cm³/mol. The van der Waals surface area contributed by atoms with Crippen molar-refractivity contribution in [2.45, 2.75) is 33.3 Å². The minimum Gasteiger partial charge on any atom is -0.488 e. The number of allylic oxidation sites excluding steroid dienone is 1. The van der Waals surface area contributed by atoms with Gasteiger partial charge in [-0.2, -0.15) is 0 Å². The van der Waals surface area contributed by atoms with Crippen LogP contribution < -0.4 is 15.0 Å². The molecule has 5 heteroatoms. The van der Waals surface area contributed by atoms with Crippen molar-refractivity contribution >= 4 is 5.97 Å². The lowest BCUT2D eigenvalue weighted by Crippen LogP contribution is -2.24. The van der Waals surface area contributed by atoms with Crippen LogP contribution in [0.1, 0.15) is 30.9 Å². The Hall–Kier alpha value is -2.79. The van der Waals surface area contributed by atoms with Crippen molar-refractivity contribution in [2.24, 2.45) is 0 Å². The topological polar surface area (TPSA) is 56.8 Å². The van der Waals surface area contributed by atoms with Gasteiger partial charge in [0.2, 0.25) is 0 Å². The Morgan fingerprint density at radius 2 is 1.77 bits per heavy atom. The van der Waals surface area contributed by atoms with E-state index in [4.69, 9.17) is 14.3 Å². The molecular weight excluding hydrogens is 330 g/mol. The van der Waals surface area contributed by atoms with Crippen LogP contribution in [0.15, 0.2) is 60.3 Å². The summed E-state index contributed by atoms with van der Waals surface area (Å²) >= 11 is 0. The summed E-state index contributed by atoms with van der Waals surface area (Å²) in [4.78, 5) is 17.3. The highest BCUT2D eigenvalue weighted by molar-refractivity contribution is 5.89. The quantitative estimate of drug-likeness (QED) is 0.314. The molecule has 5 nitrogen and oxygen atoms in total. The molecule has 2 aromatic rings. The molecular formula is C21H25NO4. The molecule has 0 spiro atoms. The van der Waals surface area contributed by atoms with Gasteiger partial charge < -0.3 is 9.47 Å². The maximum Gasteiger partial charge on any atom is 0.361 e. The van der Waals surface area contributed by atoms with Gasteiger partial charge in [-0.15, -0.1) is 0 Å². The second-order valence-electron chi connectivity index (χ2n) is 5.76. The molecule has 0 heterocycles. The molecule has 0 aromatic heterocycles. The van der Waals surface area contributed by atoms with Crippen molar-refractivity contribution in [2.75, 3.05) is 7.11 Å². The minimum absolute atomic E-state index is 0.281. The molecule has 1 N–H and O–H groups in total. The van der Waals surface area contributed by atoms with Crippen LogP contribution in [0.3, 0.4) is 0 Å². The van der Waals surface area contributed by atoms with Crippen LogP contribution in [-0.2, 0) is 16.2 Å². The van der Waals surface area contributed by atoms with Gasteiger partial charge in [0.25, 0.3) is 0 Å². The molecule has 0 unspecified atom stereocenters. The summed E-state index contributed by atoms with van der Waals surface area (Å²) in [5.74, 6) is 0.772. The smallest absolute Gasteiger partial charge is 0.361 e. The SMILES string of the molecule is CCCC=C(NOC)C(=O)Oc1ccccc1COc1ccccc1C. The van der Waals surface area contributed by atoms with E-state index in [2.05, 4.69) is 5.48 Å². The molecule has 0 aliphatic carbocycles. The van der Waals surface area contributed by atoms with Crippen molar-refractivity contribution in [1.29, 1.82) is 0 Å². The number of benzene rings is 2. The normalized spacial score (nSPS) is 11.1. The molecule has 0 saturated heterocycles. The van der Waals surface area contributed by atoms with Gasteiger partial charge >= 0.3 is 5.97 Å². The van der Waals surface area contributed by atoms with Crippen LogP contribution in [0.5, 0.6) is 11.5 Å². The molecule has 0 saturated carbocycles. The van der Waals surface area contributed by atoms with Crippen LogP contribution in [0, 0.1) is 6.92 Å². The standard InChI is InChI=1S/C21H25NO4/c1-4-5-12-18(22-24-3)21(23)26-20-14-9-7-11-17(20)15-25-19-13-8-6-10-16(19)2/h6-14,22H,4-5,15H2,1-3H3. The summed E-state index contributed by atoms with van der Waals surface area (Å²) in [5.41, 5.74) is 4.70. The van der Waals surface area contributed by atoms with E-state index in [1.807, 2.05) is 56.3 Å². The summed E-state index contributed by atoms with van der Waals surface area (Å²) in [7, 11) is 1.46. The zero-order valence-corrected chi connectivity index (χ0v) is 15.5. The minimum atomic E-state index is -0.497. The first-order valence-electron chi connectivity index (χ1n) is 8.63. The van der Waals surface area contributed by atoms with E-state index in [0.717, 1.165) is 29.7 Å². The maximum atomic E-state index is 12.4. The largest absolute Gasteiger partial charge is 0.488 e. The van der Waals surface area contributed by atoms with Gasteiger partial charge in [-0.3, -0.25) is 10.3 Å². The number of ether oxygens (including phenoxy) is 2. The average Bonchev–Trinajstić information content (AvgIpc) is 2.65. The van der Waals surface area contributed by atoms with Crippen molar-refractivity contribution < 1.29 is 19.1 Å². The number of esters is 1. The third kappa shape index (κ3) is 5.63. The Morgan fingerprint density at radius 3 is 2.46 bits per heavy atom. The van der Waals surface area contributed by atoms with E-state index in [1.165, 1.54) is 7.11 Å². The molecule has 0 amide bonds. The third-order valence-electron chi connectivity index (χ3n) is 3.72. The molecule has 26 heavy (non-hydrogen) atoms. The summed E-state index contributed by atoms with van der Waals surface area (Å²) in [6, 6.07) is 15.1. The monoisotopic (exact) mass is 355 g/mol. The number of hydrogen-bond donors (Lipinski definition) is 1. The van der Waals surface area contributed by atoms with Gasteiger partial charge in [-0.25, -0.2) is 4.79 Å². The highest BCUT2D eigenvalue weighted by Crippen LogP contribution is 2.23. The second-order valence-corrected chi connectivity index (χ2v) is 5.76. The van der Waals surface area contributed by atoms with E-state index in [0.29, 0.717) is 12.4 Å². The van der Waals surface area contributed by atoms with Gasteiger partial charge in [0.1, 0.15) is 23.8 Å². The number of carbonyl (C=O) groups is 1. The summed E-state index contributed by atoms with van der Waals surface area (Å²) < 4.78 is 11.4. The Kier molecular flexibility index (Phi) is 7.71. The fraction of sp³-hybridized carbons (Fsp3) is 0.286. The van der Waals surface area contributed by atoms with Crippen molar-refractivity contribution in [3.8, 4) is 11.5 Å². The molecule has 0 fully saturated rings. The zero-order valence-electron chi connectivity index (χ0n) is 15.5. The third-order valence-corrected chi connectivity index (χ3v) is 3.72. The van der Waals surface area contributed by atoms with Gasteiger partial charge in [0.15, 0.2) is 0 Å². The number of hydroxylamine groups is 1. The van der Waals surface area contributed by atoms with E-state index in [1.54, 1.807) is 12.1 Å². The number of unbranched alkanes of at least 4 members (excludes halogenated alkanes) is 1. The van der Waals surface area contributed by atoms with Crippen LogP contribution in [-0.4, -0.2) is 13.1 Å². The second kappa shape index (κ2) is 10.3. The van der Waals surface area contributed by atoms with Gasteiger partial charge in [0, 0.05) is 5.56 Å².